The van der Waals surface area contributed by atoms with E-state index in [1.807, 2.05) is 20.8 Å². The predicted octanol–water partition coefficient (Wildman–Crippen LogP) is 1.31. The Bertz CT molecular complexity index is 471. The smallest absolute Gasteiger partial charge is 0.314 e. The van der Waals surface area contributed by atoms with Crippen LogP contribution in [0, 0.1) is 18.8 Å². The van der Waals surface area contributed by atoms with E-state index in [4.69, 9.17) is 5.11 Å². The van der Waals surface area contributed by atoms with Gasteiger partial charge in [-0.05, 0) is 31.2 Å². The topological polar surface area (TPSA) is 107 Å². The van der Waals surface area contributed by atoms with Crippen LogP contribution in [0.3, 0.4) is 0 Å². The summed E-state index contributed by atoms with van der Waals surface area (Å²) in [6, 6.07) is -0.328. The molecule has 21 heavy (non-hydrogen) atoms. The fraction of sp³-hybridized carbons (Fsp3) is 0.643. The maximum Gasteiger partial charge on any atom is 0.314 e. The first-order chi connectivity index (χ1) is 9.91. The second kappa shape index (κ2) is 8.28. The van der Waals surface area contributed by atoms with Crippen LogP contribution in [0.4, 0.5) is 4.79 Å². The van der Waals surface area contributed by atoms with E-state index in [0.717, 1.165) is 24.1 Å². The molecule has 0 spiro atoms. The molecule has 118 valence electrons. The van der Waals surface area contributed by atoms with Gasteiger partial charge in [-0.15, -0.1) is 0 Å². The summed E-state index contributed by atoms with van der Waals surface area (Å²) in [5.74, 6) is -1.48. The molecule has 0 aliphatic rings. The van der Waals surface area contributed by atoms with E-state index in [-0.39, 0.29) is 18.5 Å². The second-order valence-corrected chi connectivity index (χ2v) is 5.45. The number of aliphatic carboxylic acids is 1. The third kappa shape index (κ3) is 5.85. The predicted molar refractivity (Wildman–Crippen MR) is 79.0 cm³/mol. The van der Waals surface area contributed by atoms with Gasteiger partial charge in [0.05, 0.1) is 12.1 Å². The molecule has 1 unspecified atom stereocenters. The highest BCUT2D eigenvalue weighted by Gasteiger charge is 2.21. The minimum atomic E-state index is -0.888. The van der Waals surface area contributed by atoms with Gasteiger partial charge in [-0.2, -0.15) is 5.10 Å². The number of hydrogen-bond acceptors (Lipinski definition) is 3. The molecule has 0 saturated carbocycles. The summed E-state index contributed by atoms with van der Waals surface area (Å²) >= 11 is 0. The fourth-order valence-corrected chi connectivity index (χ4v) is 1.98. The lowest BCUT2D eigenvalue weighted by atomic mass is 9.96. The van der Waals surface area contributed by atoms with Gasteiger partial charge in [0.2, 0.25) is 0 Å². The number of nitrogens with zero attached hydrogens (tertiary/aromatic N) is 1. The van der Waals surface area contributed by atoms with E-state index < -0.39 is 11.9 Å². The zero-order valence-electron chi connectivity index (χ0n) is 12.8. The standard InChI is InChI=1S/C14H24N4O3/c1-9(2)12(13(19)20)8-16-14(21)15-6-4-5-11-7-17-18-10(11)3/h7,9,12H,4-6,8H2,1-3H3,(H,17,18)(H,19,20)(H2,15,16,21). The van der Waals surface area contributed by atoms with Gasteiger partial charge in [-0.3, -0.25) is 9.89 Å². The van der Waals surface area contributed by atoms with Gasteiger partial charge in [0, 0.05) is 18.8 Å². The number of aromatic nitrogens is 2. The van der Waals surface area contributed by atoms with Crippen molar-refractivity contribution in [2.24, 2.45) is 11.8 Å². The number of amides is 2. The number of carboxylic acid groups (broad SMARTS) is 1. The molecular weight excluding hydrogens is 272 g/mol. The molecule has 2 amide bonds. The molecule has 4 N–H and O–H groups in total. The van der Waals surface area contributed by atoms with Crippen molar-refractivity contribution in [2.45, 2.75) is 33.6 Å². The quantitative estimate of drug-likeness (QED) is 0.542. The summed E-state index contributed by atoms with van der Waals surface area (Å²) in [7, 11) is 0. The van der Waals surface area contributed by atoms with Crippen LogP contribution >= 0.6 is 0 Å². The van der Waals surface area contributed by atoms with Gasteiger partial charge in [-0.25, -0.2) is 4.79 Å². The number of carbonyl (C=O) groups excluding carboxylic acids is 1. The lowest BCUT2D eigenvalue weighted by Crippen LogP contribution is -2.41. The Morgan fingerprint density at radius 3 is 2.62 bits per heavy atom. The van der Waals surface area contributed by atoms with Gasteiger partial charge in [-0.1, -0.05) is 13.8 Å². The number of rotatable bonds is 8. The zero-order valence-corrected chi connectivity index (χ0v) is 12.8. The Kier molecular flexibility index (Phi) is 6.71. The SMILES string of the molecule is Cc1[nH]ncc1CCCNC(=O)NCC(C(=O)O)C(C)C. The zero-order chi connectivity index (χ0) is 15.8. The number of carbonyl (C=O) groups is 2. The van der Waals surface area contributed by atoms with E-state index in [0.29, 0.717) is 6.54 Å². The normalized spacial score (nSPS) is 12.2. The van der Waals surface area contributed by atoms with Crippen molar-refractivity contribution in [1.82, 2.24) is 20.8 Å². The first kappa shape index (κ1) is 17.0. The monoisotopic (exact) mass is 296 g/mol. The van der Waals surface area contributed by atoms with Crippen LogP contribution in [-0.4, -0.2) is 40.4 Å². The molecule has 0 bridgehead atoms. The number of carboxylic acids is 1. The van der Waals surface area contributed by atoms with E-state index in [2.05, 4.69) is 20.8 Å². The van der Waals surface area contributed by atoms with E-state index in [1.165, 1.54) is 0 Å². The molecule has 0 fully saturated rings. The van der Waals surface area contributed by atoms with Crippen LogP contribution in [0.2, 0.25) is 0 Å². The molecule has 1 aromatic heterocycles. The third-order valence-corrected chi connectivity index (χ3v) is 3.45. The summed E-state index contributed by atoms with van der Waals surface area (Å²) in [4.78, 5) is 22.6. The van der Waals surface area contributed by atoms with Crippen molar-refractivity contribution >= 4 is 12.0 Å². The van der Waals surface area contributed by atoms with E-state index in [9.17, 15) is 9.59 Å². The molecule has 0 radical (unpaired) electrons. The van der Waals surface area contributed by atoms with Crippen LogP contribution in [0.25, 0.3) is 0 Å². The molecule has 0 saturated heterocycles. The van der Waals surface area contributed by atoms with Gasteiger partial charge in [0.1, 0.15) is 0 Å². The maximum atomic E-state index is 11.6. The molecule has 1 atom stereocenters. The third-order valence-electron chi connectivity index (χ3n) is 3.45. The largest absolute Gasteiger partial charge is 0.481 e. The maximum absolute atomic E-state index is 11.6. The number of hydrogen-bond donors (Lipinski definition) is 4. The summed E-state index contributed by atoms with van der Waals surface area (Å²) < 4.78 is 0. The summed E-state index contributed by atoms with van der Waals surface area (Å²) in [6.07, 6.45) is 3.43. The number of aryl methyl sites for hydroxylation is 2. The minimum Gasteiger partial charge on any atom is -0.481 e. The van der Waals surface area contributed by atoms with Crippen LogP contribution < -0.4 is 10.6 Å². The lowest BCUT2D eigenvalue weighted by Gasteiger charge is -2.16. The molecule has 1 rings (SSSR count). The van der Waals surface area contributed by atoms with Crippen LogP contribution in [-0.2, 0) is 11.2 Å². The summed E-state index contributed by atoms with van der Waals surface area (Å²) in [6.45, 7) is 6.28. The summed E-state index contributed by atoms with van der Waals surface area (Å²) in [5.41, 5.74) is 2.18. The average molecular weight is 296 g/mol. The highest BCUT2D eigenvalue weighted by Crippen LogP contribution is 2.09. The van der Waals surface area contributed by atoms with E-state index >= 15 is 0 Å². The van der Waals surface area contributed by atoms with Gasteiger partial charge < -0.3 is 15.7 Å². The Hall–Kier alpha value is -2.05. The highest BCUT2D eigenvalue weighted by molar-refractivity contribution is 5.75. The van der Waals surface area contributed by atoms with Crippen molar-refractivity contribution < 1.29 is 14.7 Å². The minimum absolute atomic E-state index is 0.0214. The molecule has 1 heterocycles. The van der Waals surface area contributed by atoms with Crippen molar-refractivity contribution in [2.75, 3.05) is 13.1 Å². The van der Waals surface area contributed by atoms with Gasteiger partial charge in [0.15, 0.2) is 0 Å². The average Bonchev–Trinajstić information content (AvgIpc) is 2.79. The number of nitrogens with one attached hydrogen (secondary N) is 3. The Labute approximate surface area is 124 Å². The number of aromatic amines is 1. The van der Waals surface area contributed by atoms with Crippen LogP contribution in [0.1, 0.15) is 31.5 Å². The Balaban J connectivity index is 2.19. The number of urea groups is 1. The Morgan fingerprint density at radius 1 is 1.38 bits per heavy atom. The number of H-pyrrole nitrogens is 1. The molecule has 0 aliphatic heterocycles. The van der Waals surface area contributed by atoms with Gasteiger partial charge >= 0.3 is 12.0 Å². The molecule has 0 aliphatic carbocycles. The molecular formula is C14H24N4O3. The Morgan fingerprint density at radius 2 is 2.10 bits per heavy atom. The molecule has 0 aromatic carbocycles. The second-order valence-electron chi connectivity index (χ2n) is 5.45. The van der Waals surface area contributed by atoms with Crippen LogP contribution in [0.5, 0.6) is 0 Å². The molecule has 7 nitrogen and oxygen atoms in total. The first-order valence-corrected chi connectivity index (χ1v) is 7.15. The molecule has 1 aromatic rings. The summed E-state index contributed by atoms with van der Waals surface area (Å²) in [5, 5.41) is 21.2. The van der Waals surface area contributed by atoms with Crippen LogP contribution in [0.15, 0.2) is 6.20 Å². The van der Waals surface area contributed by atoms with Gasteiger partial charge in [0.25, 0.3) is 0 Å². The van der Waals surface area contributed by atoms with Crippen molar-refractivity contribution in [3.8, 4) is 0 Å². The first-order valence-electron chi connectivity index (χ1n) is 7.15. The molecule has 7 heteroatoms. The van der Waals surface area contributed by atoms with Crippen molar-refractivity contribution in [3.63, 3.8) is 0 Å². The van der Waals surface area contributed by atoms with Crippen molar-refractivity contribution in [3.05, 3.63) is 17.5 Å². The lowest BCUT2D eigenvalue weighted by molar-refractivity contribution is -0.142. The van der Waals surface area contributed by atoms with Crippen molar-refractivity contribution in [1.29, 1.82) is 0 Å². The van der Waals surface area contributed by atoms with E-state index in [1.54, 1.807) is 6.20 Å². The highest BCUT2D eigenvalue weighted by atomic mass is 16.4. The fourth-order valence-electron chi connectivity index (χ4n) is 1.98.